The molecule has 0 saturated heterocycles. The van der Waals surface area contributed by atoms with E-state index in [1.807, 2.05) is 30.3 Å². The number of imidazole rings is 1. The molecule has 0 N–H and O–H groups in total. The zero-order chi connectivity index (χ0) is 23.0. The van der Waals surface area contributed by atoms with E-state index in [0.29, 0.717) is 23.5 Å². The van der Waals surface area contributed by atoms with Crippen LogP contribution >= 0.6 is 0 Å². The molecule has 2 aromatic heterocycles. The van der Waals surface area contributed by atoms with Crippen LogP contribution in [-0.4, -0.2) is 24.7 Å². The SMILES string of the molecule is Cn1c(=O)c2c(nc(C3CCCC3)n2COC(=O)C(C)(C)C)n(Cc2ccccc2)c1=O. The van der Waals surface area contributed by atoms with E-state index in [1.165, 1.54) is 11.6 Å². The summed E-state index contributed by atoms with van der Waals surface area (Å²) < 4.78 is 9.94. The fraction of sp³-hybridized carbons (Fsp3) is 0.500. The van der Waals surface area contributed by atoms with Gasteiger partial charge in [0.2, 0.25) is 0 Å². The number of fused-ring (bicyclic) bond motifs is 1. The van der Waals surface area contributed by atoms with E-state index in [9.17, 15) is 14.4 Å². The second-order valence-electron chi connectivity index (χ2n) is 9.58. The van der Waals surface area contributed by atoms with E-state index >= 15 is 0 Å². The highest BCUT2D eigenvalue weighted by atomic mass is 16.5. The number of carbonyl (C=O) groups excluding carboxylic acids is 1. The minimum Gasteiger partial charge on any atom is -0.443 e. The van der Waals surface area contributed by atoms with Gasteiger partial charge in [-0.05, 0) is 39.2 Å². The predicted octanol–water partition coefficient (Wildman–Crippen LogP) is 3.15. The van der Waals surface area contributed by atoms with Gasteiger partial charge >= 0.3 is 11.7 Å². The topological polar surface area (TPSA) is 88.1 Å². The van der Waals surface area contributed by atoms with Gasteiger partial charge in [-0.3, -0.25) is 23.3 Å². The molecule has 1 aliphatic rings. The third kappa shape index (κ3) is 4.01. The average molecular weight is 439 g/mol. The maximum atomic E-state index is 13.2. The van der Waals surface area contributed by atoms with Crippen LogP contribution in [0.2, 0.25) is 0 Å². The molecule has 0 spiro atoms. The zero-order valence-corrected chi connectivity index (χ0v) is 19.1. The number of ether oxygens (including phenoxy) is 1. The van der Waals surface area contributed by atoms with Crippen LogP contribution in [0.25, 0.3) is 11.2 Å². The quantitative estimate of drug-likeness (QED) is 0.571. The highest BCUT2D eigenvalue weighted by Gasteiger charge is 2.29. The number of hydrogen-bond donors (Lipinski definition) is 0. The summed E-state index contributed by atoms with van der Waals surface area (Å²) >= 11 is 0. The lowest BCUT2D eigenvalue weighted by atomic mass is 9.98. The van der Waals surface area contributed by atoms with E-state index in [0.717, 1.165) is 35.8 Å². The Hall–Kier alpha value is -3.16. The van der Waals surface area contributed by atoms with Crippen LogP contribution in [0.5, 0.6) is 0 Å². The molecule has 8 heteroatoms. The Morgan fingerprint density at radius 3 is 2.38 bits per heavy atom. The van der Waals surface area contributed by atoms with Gasteiger partial charge in [0.1, 0.15) is 5.82 Å². The molecule has 0 radical (unpaired) electrons. The lowest BCUT2D eigenvalue weighted by Gasteiger charge is -2.19. The number of nitrogens with zero attached hydrogens (tertiary/aromatic N) is 4. The van der Waals surface area contributed by atoms with Gasteiger partial charge in [-0.1, -0.05) is 43.2 Å². The van der Waals surface area contributed by atoms with Crippen LogP contribution in [0, 0.1) is 5.41 Å². The Morgan fingerprint density at radius 2 is 1.75 bits per heavy atom. The van der Waals surface area contributed by atoms with Gasteiger partial charge in [0.25, 0.3) is 5.56 Å². The van der Waals surface area contributed by atoms with Crippen molar-refractivity contribution < 1.29 is 9.53 Å². The Kier molecular flexibility index (Phi) is 5.79. The largest absolute Gasteiger partial charge is 0.443 e. The highest BCUT2D eigenvalue weighted by molar-refractivity contribution is 5.75. The van der Waals surface area contributed by atoms with Gasteiger partial charge < -0.3 is 4.74 Å². The molecule has 1 saturated carbocycles. The van der Waals surface area contributed by atoms with Crippen molar-refractivity contribution in [1.29, 1.82) is 0 Å². The summed E-state index contributed by atoms with van der Waals surface area (Å²) in [5.41, 5.74) is 0.0658. The van der Waals surface area contributed by atoms with Gasteiger partial charge in [0, 0.05) is 13.0 Å². The molecule has 0 unspecified atom stereocenters. The van der Waals surface area contributed by atoms with E-state index in [1.54, 1.807) is 25.3 Å². The Morgan fingerprint density at radius 1 is 1.09 bits per heavy atom. The summed E-state index contributed by atoms with van der Waals surface area (Å²) in [4.78, 5) is 43.5. The molecular weight excluding hydrogens is 408 g/mol. The fourth-order valence-corrected chi connectivity index (χ4v) is 4.25. The first-order valence-electron chi connectivity index (χ1n) is 11.1. The van der Waals surface area contributed by atoms with Crippen LogP contribution in [0.3, 0.4) is 0 Å². The molecule has 0 aliphatic heterocycles. The average Bonchev–Trinajstić information content (AvgIpc) is 3.41. The van der Waals surface area contributed by atoms with Gasteiger partial charge in [-0.2, -0.15) is 0 Å². The summed E-state index contributed by atoms with van der Waals surface area (Å²) in [6.07, 6.45) is 4.09. The van der Waals surface area contributed by atoms with Crippen LogP contribution in [-0.2, 0) is 29.9 Å². The second-order valence-corrected chi connectivity index (χ2v) is 9.58. The highest BCUT2D eigenvalue weighted by Crippen LogP contribution is 2.34. The molecule has 1 aromatic carbocycles. The van der Waals surface area contributed by atoms with Gasteiger partial charge in [0.05, 0.1) is 12.0 Å². The lowest BCUT2D eigenvalue weighted by Crippen LogP contribution is -2.39. The summed E-state index contributed by atoms with van der Waals surface area (Å²) in [5, 5.41) is 0. The fourth-order valence-electron chi connectivity index (χ4n) is 4.25. The van der Waals surface area contributed by atoms with Crippen molar-refractivity contribution in [3.63, 3.8) is 0 Å². The molecule has 4 rings (SSSR count). The van der Waals surface area contributed by atoms with Crippen molar-refractivity contribution in [3.05, 3.63) is 62.6 Å². The van der Waals surface area contributed by atoms with Gasteiger partial charge in [-0.15, -0.1) is 0 Å². The number of rotatable bonds is 5. The molecule has 8 nitrogen and oxygen atoms in total. The lowest BCUT2D eigenvalue weighted by molar-refractivity contribution is -0.156. The molecule has 0 bridgehead atoms. The monoisotopic (exact) mass is 438 g/mol. The maximum absolute atomic E-state index is 13.2. The zero-order valence-electron chi connectivity index (χ0n) is 19.1. The van der Waals surface area contributed by atoms with E-state index in [-0.39, 0.29) is 18.6 Å². The van der Waals surface area contributed by atoms with E-state index in [2.05, 4.69) is 0 Å². The van der Waals surface area contributed by atoms with Crippen molar-refractivity contribution in [2.45, 2.75) is 65.6 Å². The number of benzene rings is 1. The van der Waals surface area contributed by atoms with Gasteiger partial charge in [0.15, 0.2) is 17.9 Å². The first-order chi connectivity index (χ1) is 15.2. The smallest absolute Gasteiger partial charge is 0.332 e. The van der Waals surface area contributed by atoms with E-state index in [4.69, 9.17) is 9.72 Å². The number of carbonyl (C=O) groups is 1. The number of aromatic nitrogens is 4. The van der Waals surface area contributed by atoms with E-state index < -0.39 is 16.7 Å². The first kappa shape index (κ1) is 22.0. The van der Waals surface area contributed by atoms with Crippen molar-refractivity contribution >= 4 is 17.1 Å². The summed E-state index contributed by atoms with van der Waals surface area (Å²) in [6, 6.07) is 9.61. The summed E-state index contributed by atoms with van der Waals surface area (Å²) in [6.45, 7) is 5.56. The Bertz CT molecular complexity index is 1260. The Balaban J connectivity index is 1.90. The maximum Gasteiger partial charge on any atom is 0.332 e. The Labute approximate surface area is 186 Å². The minimum absolute atomic E-state index is 0.1000. The molecule has 0 atom stereocenters. The van der Waals surface area contributed by atoms with Crippen molar-refractivity contribution in [2.24, 2.45) is 12.5 Å². The molecule has 1 aliphatic carbocycles. The molecular formula is C24H30N4O4. The normalized spacial score (nSPS) is 14.9. The van der Waals surface area contributed by atoms with Crippen molar-refractivity contribution in [2.75, 3.05) is 0 Å². The predicted molar refractivity (Wildman–Crippen MR) is 122 cm³/mol. The van der Waals surface area contributed by atoms with Crippen molar-refractivity contribution in [1.82, 2.24) is 18.7 Å². The summed E-state index contributed by atoms with van der Waals surface area (Å²) in [5.74, 6) is 0.524. The van der Waals surface area contributed by atoms with Crippen molar-refractivity contribution in [3.8, 4) is 0 Å². The molecule has 170 valence electrons. The van der Waals surface area contributed by atoms with Crippen LogP contribution < -0.4 is 11.2 Å². The molecule has 2 heterocycles. The minimum atomic E-state index is -0.662. The van der Waals surface area contributed by atoms with Crippen LogP contribution in [0.1, 0.15) is 63.8 Å². The number of hydrogen-bond acceptors (Lipinski definition) is 5. The molecule has 0 amide bonds. The van der Waals surface area contributed by atoms with Crippen LogP contribution in [0.15, 0.2) is 39.9 Å². The molecule has 32 heavy (non-hydrogen) atoms. The first-order valence-corrected chi connectivity index (χ1v) is 11.1. The third-order valence-corrected chi connectivity index (χ3v) is 6.10. The summed E-state index contributed by atoms with van der Waals surface area (Å²) in [7, 11) is 1.47. The standard InChI is InChI=1S/C24H30N4O4/c1-24(2,3)22(30)32-15-28-18-20(25-19(28)17-12-8-9-13-17)27(23(31)26(4)21(18)29)14-16-10-6-5-7-11-16/h5-7,10-11,17H,8-9,12-15H2,1-4H3. The molecule has 1 fully saturated rings. The van der Waals surface area contributed by atoms with Gasteiger partial charge in [-0.25, -0.2) is 9.78 Å². The number of esters is 1. The van der Waals surface area contributed by atoms with Crippen LogP contribution in [0.4, 0.5) is 0 Å². The molecule has 3 aromatic rings. The second kappa shape index (κ2) is 8.41. The third-order valence-electron chi connectivity index (χ3n) is 6.10.